The van der Waals surface area contributed by atoms with Crippen molar-refractivity contribution in [3.63, 3.8) is 0 Å². The van der Waals surface area contributed by atoms with Crippen LogP contribution in [0.15, 0.2) is 45.8 Å². The lowest BCUT2D eigenvalue weighted by Gasteiger charge is -2.09. The van der Waals surface area contributed by atoms with E-state index in [4.69, 9.17) is 16.3 Å². The molecule has 106 valence electrons. The topological polar surface area (TPSA) is 9.23 Å². The van der Waals surface area contributed by atoms with Crippen LogP contribution in [0.3, 0.4) is 0 Å². The molecule has 1 nitrogen and oxygen atoms in total. The molecular formula is C13H7BrClF3OS. The fourth-order valence-corrected chi connectivity index (χ4v) is 2.82. The van der Waals surface area contributed by atoms with Gasteiger partial charge in [0.1, 0.15) is 17.3 Å². The van der Waals surface area contributed by atoms with Gasteiger partial charge in [-0.3, -0.25) is 0 Å². The van der Waals surface area contributed by atoms with Crippen molar-refractivity contribution in [3.8, 4) is 11.5 Å². The molecule has 2 aromatic rings. The van der Waals surface area contributed by atoms with Gasteiger partial charge in [0.2, 0.25) is 0 Å². The molecule has 2 rings (SSSR count). The number of hydrogen-bond donors (Lipinski definition) is 0. The van der Waals surface area contributed by atoms with Gasteiger partial charge in [-0.15, -0.1) is 0 Å². The fourth-order valence-electron chi connectivity index (χ4n) is 1.45. The minimum absolute atomic E-state index is 0.209. The van der Waals surface area contributed by atoms with E-state index < -0.39 is 11.6 Å². The van der Waals surface area contributed by atoms with E-state index in [-0.39, 0.29) is 10.8 Å². The SMILES string of the molecule is Fc1cc(Cl)cc(Oc2ccc(SC(F)F)cc2Br)c1. The molecule has 0 aliphatic rings. The molecule has 0 atom stereocenters. The second-order valence-electron chi connectivity index (χ2n) is 3.68. The van der Waals surface area contributed by atoms with E-state index in [1.54, 1.807) is 0 Å². The van der Waals surface area contributed by atoms with Gasteiger partial charge >= 0.3 is 0 Å². The third kappa shape index (κ3) is 4.33. The zero-order valence-electron chi connectivity index (χ0n) is 9.75. The predicted molar refractivity (Wildman–Crippen MR) is 77.5 cm³/mol. The molecule has 0 spiro atoms. The van der Waals surface area contributed by atoms with Crippen LogP contribution in [-0.2, 0) is 0 Å². The highest BCUT2D eigenvalue weighted by atomic mass is 79.9. The number of halogens is 5. The molecule has 0 N–H and O–H groups in total. The Bertz CT molecular complexity index is 604. The average Bonchev–Trinajstić information content (AvgIpc) is 2.30. The monoisotopic (exact) mass is 382 g/mol. The number of rotatable bonds is 4. The van der Waals surface area contributed by atoms with Gasteiger partial charge in [-0.2, -0.15) is 8.78 Å². The van der Waals surface area contributed by atoms with Gasteiger partial charge in [-0.1, -0.05) is 23.4 Å². The first kappa shape index (κ1) is 15.5. The molecule has 0 bridgehead atoms. The standard InChI is InChI=1S/C13H7BrClF3OS/c14-11-6-10(20-13(17)18)1-2-12(11)19-9-4-7(15)3-8(16)5-9/h1-6,13H. The zero-order chi connectivity index (χ0) is 14.7. The summed E-state index contributed by atoms with van der Waals surface area (Å²) in [6, 6.07) is 8.32. The lowest BCUT2D eigenvalue weighted by molar-refractivity contribution is 0.252. The van der Waals surface area contributed by atoms with E-state index >= 15 is 0 Å². The predicted octanol–water partition coefficient (Wildman–Crippen LogP) is 6.35. The van der Waals surface area contributed by atoms with Crippen molar-refractivity contribution in [2.24, 2.45) is 0 Å². The maximum atomic E-state index is 13.2. The normalized spacial score (nSPS) is 10.9. The van der Waals surface area contributed by atoms with Crippen LogP contribution in [0, 0.1) is 5.82 Å². The van der Waals surface area contributed by atoms with Crippen molar-refractivity contribution in [2.75, 3.05) is 0 Å². The first-order valence-corrected chi connectivity index (χ1v) is 7.37. The molecule has 0 heterocycles. The quantitative estimate of drug-likeness (QED) is 0.569. The van der Waals surface area contributed by atoms with Gasteiger partial charge in [-0.05, 0) is 46.3 Å². The third-order valence-electron chi connectivity index (χ3n) is 2.19. The summed E-state index contributed by atoms with van der Waals surface area (Å²) in [4.78, 5) is 0.400. The molecule has 7 heteroatoms. The number of hydrogen-bond acceptors (Lipinski definition) is 2. The van der Waals surface area contributed by atoms with Crippen molar-refractivity contribution >= 4 is 39.3 Å². The largest absolute Gasteiger partial charge is 0.456 e. The fraction of sp³-hybridized carbons (Fsp3) is 0.0769. The van der Waals surface area contributed by atoms with Gasteiger partial charge in [-0.25, -0.2) is 4.39 Å². The number of thioether (sulfide) groups is 1. The lowest BCUT2D eigenvalue weighted by Crippen LogP contribution is -1.88. The zero-order valence-corrected chi connectivity index (χ0v) is 12.9. The van der Waals surface area contributed by atoms with Crippen LogP contribution in [0.2, 0.25) is 5.02 Å². The van der Waals surface area contributed by atoms with Gasteiger partial charge in [0, 0.05) is 16.0 Å². The summed E-state index contributed by atoms with van der Waals surface area (Å²) in [7, 11) is 0. The molecule has 0 aromatic heterocycles. The minimum atomic E-state index is -2.49. The van der Waals surface area contributed by atoms with E-state index in [0.717, 1.165) is 6.07 Å². The van der Waals surface area contributed by atoms with Crippen LogP contribution in [0.5, 0.6) is 11.5 Å². The second kappa shape index (κ2) is 6.74. The van der Waals surface area contributed by atoms with Crippen LogP contribution < -0.4 is 4.74 Å². The summed E-state index contributed by atoms with van der Waals surface area (Å²) in [5.41, 5.74) is 0. The minimum Gasteiger partial charge on any atom is -0.456 e. The summed E-state index contributed by atoms with van der Waals surface area (Å²) in [6.45, 7) is 0. The van der Waals surface area contributed by atoms with Crippen LogP contribution in [0.25, 0.3) is 0 Å². The first-order chi connectivity index (χ1) is 9.44. The highest BCUT2D eigenvalue weighted by Crippen LogP contribution is 2.35. The van der Waals surface area contributed by atoms with Crippen molar-refractivity contribution in [1.29, 1.82) is 0 Å². The molecule has 0 fully saturated rings. The van der Waals surface area contributed by atoms with Crippen molar-refractivity contribution < 1.29 is 17.9 Å². The molecule has 20 heavy (non-hydrogen) atoms. The summed E-state index contributed by atoms with van der Waals surface area (Å²) >= 11 is 9.37. The summed E-state index contributed by atoms with van der Waals surface area (Å²) in [5.74, 6) is -2.40. The molecule has 2 aromatic carbocycles. The Hall–Kier alpha value is -0.850. The van der Waals surface area contributed by atoms with Crippen LogP contribution in [0.4, 0.5) is 13.2 Å². The number of alkyl halides is 2. The van der Waals surface area contributed by atoms with Crippen molar-refractivity contribution in [3.05, 3.63) is 51.7 Å². The van der Waals surface area contributed by atoms with Gasteiger partial charge in [0.05, 0.1) is 4.47 Å². The van der Waals surface area contributed by atoms with Gasteiger partial charge < -0.3 is 4.74 Å². The summed E-state index contributed by atoms with van der Waals surface area (Å²) < 4.78 is 43.6. The Morgan fingerprint density at radius 1 is 1.15 bits per heavy atom. The highest BCUT2D eigenvalue weighted by Gasteiger charge is 2.10. The Balaban J connectivity index is 2.21. The van der Waals surface area contributed by atoms with E-state index in [9.17, 15) is 13.2 Å². The van der Waals surface area contributed by atoms with E-state index in [2.05, 4.69) is 15.9 Å². The molecule has 0 aliphatic heterocycles. The molecule has 0 saturated carbocycles. The number of benzene rings is 2. The van der Waals surface area contributed by atoms with E-state index in [0.29, 0.717) is 26.9 Å². The summed E-state index contributed by atoms with van der Waals surface area (Å²) in [6.07, 6.45) is 0. The first-order valence-electron chi connectivity index (χ1n) is 5.32. The second-order valence-corrected chi connectivity index (χ2v) is 6.03. The Morgan fingerprint density at radius 2 is 1.90 bits per heavy atom. The van der Waals surface area contributed by atoms with Crippen molar-refractivity contribution in [1.82, 2.24) is 0 Å². The Labute approximate surface area is 131 Å². The molecular weight excluding hydrogens is 377 g/mol. The summed E-state index contributed by atoms with van der Waals surface area (Å²) in [5, 5.41) is 0.209. The number of ether oxygens (including phenoxy) is 1. The third-order valence-corrected chi connectivity index (χ3v) is 3.73. The lowest BCUT2D eigenvalue weighted by atomic mass is 10.3. The molecule has 0 unspecified atom stereocenters. The maximum absolute atomic E-state index is 13.2. The van der Waals surface area contributed by atoms with Crippen molar-refractivity contribution in [2.45, 2.75) is 10.7 Å². The average molecular weight is 384 g/mol. The maximum Gasteiger partial charge on any atom is 0.288 e. The van der Waals surface area contributed by atoms with Crippen LogP contribution in [-0.4, -0.2) is 5.76 Å². The Kier molecular flexibility index (Phi) is 5.23. The van der Waals surface area contributed by atoms with Crippen LogP contribution >= 0.6 is 39.3 Å². The van der Waals surface area contributed by atoms with E-state index in [1.165, 1.54) is 30.3 Å². The Morgan fingerprint density at radius 3 is 2.50 bits per heavy atom. The molecule has 0 aliphatic carbocycles. The van der Waals surface area contributed by atoms with Crippen LogP contribution in [0.1, 0.15) is 0 Å². The molecule has 0 radical (unpaired) electrons. The molecule has 0 saturated heterocycles. The smallest absolute Gasteiger partial charge is 0.288 e. The van der Waals surface area contributed by atoms with E-state index in [1.807, 2.05) is 0 Å². The highest BCUT2D eigenvalue weighted by molar-refractivity contribution is 9.10. The molecule has 0 amide bonds. The van der Waals surface area contributed by atoms with Gasteiger partial charge in [0.15, 0.2) is 0 Å². The van der Waals surface area contributed by atoms with Gasteiger partial charge in [0.25, 0.3) is 5.76 Å².